The number of aromatic nitrogens is 1. The van der Waals surface area contributed by atoms with E-state index in [2.05, 4.69) is 16.4 Å². The summed E-state index contributed by atoms with van der Waals surface area (Å²) in [6.45, 7) is 3.79. The van der Waals surface area contributed by atoms with Crippen molar-refractivity contribution < 1.29 is 9.47 Å². The number of rotatable bonds is 4. The van der Waals surface area contributed by atoms with Crippen molar-refractivity contribution in [1.82, 2.24) is 4.98 Å². The molecule has 2 rings (SSSR count). The second-order valence-corrected chi connectivity index (χ2v) is 4.61. The number of nitrogens with one attached hydrogen (secondary N) is 1. The Balaban J connectivity index is 2.41. The molecular weight excluding hydrogens is 266 g/mol. The Morgan fingerprint density at radius 2 is 1.81 bits per heavy atom. The molecule has 0 saturated carbocycles. The number of aryl methyl sites for hydroxylation is 2. The summed E-state index contributed by atoms with van der Waals surface area (Å²) in [6.07, 6.45) is 0. The van der Waals surface area contributed by atoms with Gasteiger partial charge in [-0.3, -0.25) is 0 Å². The van der Waals surface area contributed by atoms with E-state index >= 15 is 0 Å². The molecule has 0 aliphatic carbocycles. The molecule has 21 heavy (non-hydrogen) atoms. The van der Waals surface area contributed by atoms with Crippen LogP contribution < -0.4 is 14.8 Å². The number of hydrogen-bond acceptors (Lipinski definition) is 5. The summed E-state index contributed by atoms with van der Waals surface area (Å²) in [5.41, 5.74) is 3.07. The van der Waals surface area contributed by atoms with Gasteiger partial charge in [-0.1, -0.05) is 0 Å². The molecule has 0 amide bonds. The van der Waals surface area contributed by atoms with Gasteiger partial charge >= 0.3 is 0 Å². The van der Waals surface area contributed by atoms with E-state index in [9.17, 15) is 5.26 Å². The summed E-state index contributed by atoms with van der Waals surface area (Å²) in [4.78, 5) is 4.39. The molecule has 5 heteroatoms. The molecule has 0 unspecified atom stereocenters. The number of hydrogen-bond donors (Lipinski definition) is 1. The highest BCUT2D eigenvalue weighted by atomic mass is 16.5. The van der Waals surface area contributed by atoms with Gasteiger partial charge < -0.3 is 14.8 Å². The molecule has 0 bridgehead atoms. The summed E-state index contributed by atoms with van der Waals surface area (Å²) in [5.74, 6) is 1.81. The average Bonchev–Trinajstić information content (AvgIpc) is 2.46. The van der Waals surface area contributed by atoms with Gasteiger partial charge in [0, 0.05) is 17.4 Å². The number of methoxy groups -OCH3 is 2. The van der Waals surface area contributed by atoms with Gasteiger partial charge in [0.25, 0.3) is 0 Å². The van der Waals surface area contributed by atoms with Gasteiger partial charge in [0.2, 0.25) is 0 Å². The molecule has 0 atom stereocenters. The van der Waals surface area contributed by atoms with Crippen LogP contribution in [-0.4, -0.2) is 19.2 Å². The first-order chi connectivity index (χ1) is 10.1. The van der Waals surface area contributed by atoms with Gasteiger partial charge in [0.05, 0.1) is 19.8 Å². The van der Waals surface area contributed by atoms with Crippen molar-refractivity contribution in [3.05, 3.63) is 41.1 Å². The smallest absolute Gasteiger partial charge is 0.162 e. The Bertz CT molecular complexity index is 705. The number of ether oxygens (including phenoxy) is 2. The fourth-order valence-corrected chi connectivity index (χ4v) is 2.12. The lowest BCUT2D eigenvalue weighted by Gasteiger charge is -2.13. The van der Waals surface area contributed by atoms with Crippen molar-refractivity contribution in [3.63, 3.8) is 0 Å². The Morgan fingerprint density at radius 3 is 2.43 bits per heavy atom. The summed E-state index contributed by atoms with van der Waals surface area (Å²) >= 11 is 0. The molecule has 5 nitrogen and oxygen atoms in total. The molecule has 0 radical (unpaired) electrons. The minimum absolute atomic E-state index is 0.537. The van der Waals surface area contributed by atoms with Crippen LogP contribution >= 0.6 is 0 Å². The maximum Gasteiger partial charge on any atom is 0.162 e. The third-order valence-electron chi connectivity index (χ3n) is 3.10. The van der Waals surface area contributed by atoms with Crippen LogP contribution in [-0.2, 0) is 0 Å². The molecule has 108 valence electrons. The van der Waals surface area contributed by atoms with Crippen LogP contribution in [0.5, 0.6) is 11.5 Å². The van der Waals surface area contributed by atoms with Crippen LogP contribution in [0, 0.1) is 25.2 Å². The maximum absolute atomic E-state index is 9.28. The molecule has 1 aromatic carbocycles. The third-order valence-corrected chi connectivity index (χ3v) is 3.10. The van der Waals surface area contributed by atoms with Gasteiger partial charge in [-0.2, -0.15) is 5.26 Å². The molecule has 1 heterocycles. The van der Waals surface area contributed by atoms with Crippen LogP contribution in [0.25, 0.3) is 0 Å². The lowest BCUT2D eigenvalue weighted by molar-refractivity contribution is 0.355. The zero-order valence-electron chi connectivity index (χ0n) is 12.5. The largest absolute Gasteiger partial charge is 0.493 e. The topological polar surface area (TPSA) is 67.2 Å². The number of nitrogens with zero attached hydrogens (tertiary/aromatic N) is 2. The first-order valence-electron chi connectivity index (χ1n) is 6.46. The van der Waals surface area contributed by atoms with Gasteiger partial charge in [0.1, 0.15) is 11.9 Å². The summed E-state index contributed by atoms with van der Waals surface area (Å²) in [7, 11) is 3.17. The molecule has 0 spiro atoms. The first-order valence-corrected chi connectivity index (χ1v) is 6.46. The van der Waals surface area contributed by atoms with Crippen molar-refractivity contribution in [1.29, 1.82) is 5.26 Å². The lowest BCUT2D eigenvalue weighted by Crippen LogP contribution is -2.01. The molecule has 0 saturated heterocycles. The molecule has 1 aromatic heterocycles. The van der Waals surface area contributed by atoms with Crippen molar-refractivity contribution >= 4 is 11.5 Å². The predicted octanol–water partition coefficient (Wildman–Crippen LogP) is 3.33. The Morgan fingerprint density at radius 1 is 1.10 bits per heavy atom. The minimum Gasteiger partial charge on any atom is -0.493 e. The highest BCUT2D eigenvalue weighted by molar-refractivity contribution is 5.67. The van der Waals surface area contributed by atoms with E-state index in [-0.39, 0.29) is 0 Å². The van der Waals surface area contributed by atoms with Gasteiger partial charge in [-0.05, 0) is 37.6 Å². The number of anilines is 2. The number of nitriles is 1. The summed E-state index contributed by atoms with van der Waals surface area (Å²) < 4.78 is 10.5. The average molecular weight is 283 g/mol. The van der Waals surface area contributed by atoms with Crippen LogP contribution in [0.15, 0.2) is 24.3 Å². The van der Waals surface area contributed by atoms with Crippen LogP contribution in [0.1, 0.15) is 16.8 Å². The minimum atomic E-state index is 0.537. The summed E-state index contributed by atoms with van der Waals surface area (Å²) in [6, 6.07) is 9.52. The SMILES string of the molecule is COc1ccc(Nc2nc(C)cc(C)c2C#N)cc1OC. The maximum atomic E-state index is 9.28. The Labute approximate surface area is 124 Å². The predicted molar refractivity (Wildman–Crippen MR) is 81.3 cm³/mol. The van der Waals surface area contributed by atoms with Crippen molar-refractivity contribution in [2.45, 2.75) is 13.8 Å². The van der Waals surface area contributed by atoms with Crippen LogP contribution in [0.2, 0.25) is 0 Å². The van der Waals surface area contributed by atoms with E-state index in [0.29, 0.717) is 22.9 Å². The van der Waals surface area contributed by atoms with E-state index < -0.39 is 0 Å². The first kappa shape index (κ1) is 14.7. The van der Waals surface area contributed by atoms with Gasteiger partial charge in [-0.15, -0.1) is 0 Å². The Kier molecular flexibility index (Phi) is 4.29. The molecule has 0 fully saturated rings. The van der Waals surface area contributed by atoms with E-state index in [1.807, 2.05) is 26.0 Å². The highest BCUT2D eigenvalue weighted by Crippen LogP contribution is 2.31. The lowest BCUT2D eigenvalue weighted by atomic mass is 10.1. The zero-order chi connectivity index (χ0) is 15.4. The van der Waals surface area contributed by atoms with Crippen molar-refractivity contribution in [3.8, 4) is 17.6 Å². The summed E-state index contributed by atoms with van der Waals surface area (Å²) in [5, 5.41) is 12.4. The fourth-order valence-electron chi connectivity index (χ4n) is 2.12. The standard InChI is InChI=1S/C16H17N3O2/c1-10-7-11(2)18-16(13(10)9-17)19-12-5-6-14(20-3)15(8-12)21-4/h5-8H,1-4H3,(H,18,19). The highest BCUT2D eigenvalue weighted by Gasteiger charge is 2.10. The fraction of sp³-hybridized carbons (Fsp3) is 0.250. The molecular formula is C16H17N3O2. The second-order valence-electron chi connectivity index (χ2n) is 4.61. The molecule has 0 aliphatic rings. The Hall–Kier alpha value is -2.74. The van der Waals surface area contributed by atoms with E-state index in [1.165, 1.54) is 0 Å². The van der Waals surface area contributed by atoms with Crippen molar-refractivity contribution in [2.24, 2.45) is 0 Å². The molecule has 0 aliphatic heterocycles. The second kappa shape index (κ2) is 6.14. The van der Waals surface area contributed by atoms with Gasteiger partial charge in [-0.25, -0.2) is 4.98 Å². The van der Waals surface area contributed by atoms with Crippen LogP contribution in [0.3, 0.4) is 0 Å². The van der Waals surface area contributed by atoms with E-state index in [1.54, 1.807) is 26.4 Å². The van der Waals surface area contributed by atoms with E-state index in [0.717, 1.165) is 16.9 Å². The van der Waals surface area contributed by atoms with Gasteiger partial charge in [0.15, 0.2) is 11.5 Å². The number of benzene rings is 1. The van der Waals surface area contributed by atoms with Crippen LogP contribution in [0.4, 0.5) is 11.5 Å². The monoisotopic (exact) mass is 283 g/mol. The third kappa shape index (κ3) is 3.06. The zero-order valence-corrected chi connectivity index (χ0v) is 12.5. The van der Waals surface area contributed by atoms with Crippen molar-refractivity contribution in [2.75, 3.05) is 19.5 Å². The number of pyridine rings is 1. The normalized spacial score (nSPS) is 9.86. The van der Waals surface area contributed by atoms with E-state index in [4.69, 9.17) is 9.47 Å². The molecule has 2 aromatic rings. The molecule has 1 N–H and O–H groups in total. The quantitative estimate of drug-likeness (QED) is 0.932.